The molecule has 0 bridgehead atoms. The van der Waals surface area contributed by atoms with E-state index in [4.69, 9.17) is 0 Å². The van der Waals surface area contributed by atoms with Crippen LogP contribution in [-0.2, 0) is 0 Å². The number of hydrogen-bond donors (Lipinski definition) is 1. The fraction of sp³-hybridized carbons (Fsp3) is 0.522. The van der Waals surface area contributed by atoms with Gasteiger partial charge in [0.15, 0.2) is 0 Å². The molecule has 0 aliphatic carbocycles. The number of aromatic nitrogens is 1. The Balaban J connectivity index is 0.00000280. The van der Waals surface area contributed by atoms with E-state index in [1.54, 1.807) is 0 Å². The van der Waals surface area contributed by atoms with E-state index in [9.17, 15) is 4.79 Å². The number of benzene rings is 1. The van der Waals surface area contributed by atoms with Gasteiger partial charge in [0, 0.05) is 24.5 Å². The van der Waals surface area contributed by atoms with Crippen LogP contribution in [0.15, 0.2) is 36.4 Å². The van der Waals surface area contributed by atoms with Crippen LogP contribution in [0.25, 0.3) is 0 Å². The third-order valence-corrected chi connectivity index (χ3v) is 6.09. The number of rotatable bonds is 6. The molecule has 2 heterocycles. The lowest BCUT2D eigenvalue weighted by Gasteiger charge is -2.32. The van der Waals surface area contributed by atoms with Crippen molar-refractivity contribution >= 4 is 18.3 Å². The molecule has 1 unspecified atom stereocenters. The quantitative estimate of drug-likeness (QED) is 0.765. The van der Waals surface area contributed by atoms with Gasteiger partial charge in [0.05, 0.1) is 11.6 Å². The molecule has 4 nitrogen and oxygen atoms in total. The highest BCUT2D eigenvalue weighted by molar-refractivity contribution is 5.95. The molecular formula is C23H34ClN3O. The van der Waals surface area contributed by atoms with Gasteiger partial charge < -0.3 is 14.8 Å². The Labute approximate surface area is 175 Å². The molecule has 1 aromatic heterocycles. The van der Waals surface area contributed by atoms with Gasteiger partial charge >= 0.3 is 0 Å². The molecule has 0 radical (unpaired) electrons. The fourth-order valence-corrected chi connectivity index (χ4v) is 4.41. The first-order valence-electron chi connectivity index (χ1n) is 10.2. The molecule has 1 saturated heterocycles. The zero-order chi connectivity index (χ0) is 19.4. The van der Waals surface area contributed by atoms with Crippen molar-refractivity contribution in [2.45, 2.75) is 46.1 Å². The molecule has 0 saturated carbocycles. The zero-order valence-electron chi connectivity index (χ0n) is 17.6. The topological polar surface area (TPSA) is 37.3 Å². The number of likely N-dealkylation sites (tertiary alicyclic amines) is 1. The first-order chi connectivity index (χ1) is 13.0. The third kappa shape index (κ3) is 4.79. The number of nitrogens with one attached hydrogen (secondary N) is 1. The van der Waals surface area contributed by atoms with Crippen LogP contribution < -0.4 is 5.32 Å². The lowest BCUT2D eigenvalue weighted by molar-refractivity contribution is 0.0686. The normalized spacial score (nSPS) is 15.9. The van der Waals surface area contributed by atoms with Crippen molar-refractivity contribution in [2.24, 2.45) is 5.92 Å². The standard InChI is InChI=1S/C23H33N3O.ClH/c1-17-16-22(19(3)26(17)18(2)21-8-6-5-7-9-21)23(27)25-14-11-20(12-15-25)10-13-24-4;/h5-9,16,18,20,24H,10-15H2,1-4H3;1H. The Bertz CT molecular complexity index is 764. The molecule has 5 heteroatoms. The first kappa shape index (κ1) is 22.5. The van der Waals surface area contributed by atoms with Gasteiger partial charge in [-0.25, -0.2) is 0 Å². The summed E-state index contributed by atoms with van der Waals surface area (Å²) in [4.78, 5) is 15.2. The molecule has 0 spiro atoms. The Kier molecular flexibility index (Phi) is 8.14. The Morgan fingerprint density at radius 2 is 1.82 bits per heavy atom. The summed E-state index contributed by atoms with van der Waals surface area (Å²) >= 11 is 0. The first-order valence-corrected chi connectivity index (χ1v) is 10.2. The van der Waals surface area contributed by atoms with E-state index in [1.807, 2.05) is 13.1 Å². The Morgan fingerprint density at radius 1 is 1.18 bits per heavy atom. The summed E-state index contributed by atoms with van der Waals surface area (Å²) in [6.07, 6.45) is 3.45. The predicted molar refractivity (Wildman–Crippen MR) is 119 cm³/mol. The third-order valence-electron chi connectivity index (χ3n) is 6.09. The van der Waals surface area contributed by atoms with Gasteiger partial charge in [-0.05, 0) is 71.2 Å². The van der Waals surface area contributed by atoms with Gasteiger partial charge in [0.25, 0.3) is 5.91 Å². The number of halogens is 1. The fourth-order valence-electron chi connectivity index (χ4n) is 4.41. The van der Waals surface area contributed by atoms with Crippen LogP contribution in [0.4, 0.5) is 0 Å². The highest BCUT2D eigenvalue weighted by atomic mass is 35.5. The summed E-state index contributed by atoms with van der Waals surface area (Å²) in [5, 5.41) is 3.23. The summed E-state index contributed by atoms with van der Waals surface area (Å²) < 4.78 is 2.29. The number of piperidine rings is 1. The van der Waals surface area contributed by atoms with Gasteiger partial charge in [0.1, 0.15) is 0 Å². The molecule has 1 atom stereocenters. The van der Waals surface area contributed by atoms with Crippen molar-refractivity contribution in [3.8, 4) is 0 Å². The van der Waals surface area contributed by atoms with Crippen molar-refractivity contribution in [1.29, 1.82) is 0 Å². The minimum absolute atomic E-state index is 0. The Hall–Kier alpha value is -1.78. The maximum absolute atomic E-state index is 13.2. The predicted octanol–water partition coefficient (Wildman–Crippen LogP) is 4.60. The van der Waals surface area contributed by atoms with Crippen molar-refractivity contribution in [2.75, 3.05) is 26.7 Å². The van der Waals surface area contributed by atoms with Crippen LogP contribution in [0.3, 0.4) is 0 Å². The number of nitrogens with zero attached hydrogens (tertiary/aromatic N) is 2. The maximum atomic E-state index is 13.2. The zero-order valence-corrected chi connectivity index (χ0v) is 18.4. The number of carbonyl (C=O) groups is 1. The molecule has 1 aliphatic heterocycles. The second-order valence-electron chi connectivity index (χ2n) is 7.87. The molecule has 2 aromatic rings. The minimum Gasteiger partial charge on any atom is -0.341 e. The van der Waals surface area contributed by atoms with Crippen LogP contribution in [0.1, 0.15) is 59.5 Å². The van der Waals surface area contributed by atoms with E-state index in [0.29, 0.717) is 0 Å². The summed E-state index contributed by atoms with van der Waals surface area (Å²) in [5.41, 5.74) is 4.36. The molecule has 1 aliphatic rings. The van der Waals surface area contributed by atoms with Crippen LogP contribution in [-0.4, -0.2) is 42.1 Å². The SMILES string of the molecule is CNCCC1CCN(C(=O)c2cc(C)n(C(C)c3ccccc3)c2C)CC1.Cl. The van der Waals surface area contributed by atoms with E-state index in [2.05, 4.69) is 65.9 Å². The summed E-state index contributed by atoms with van der Waals surface area (Å²) in [6, 6.07) is 12.8. The minimum atomic E-state index is 0. The molecule has 154 valence electrons. The summed E-state index contributed by atoms with van der Waals surface area (Å²) in [5.74, 6) is 0.939. The molecule has 1 amide bonds. The van der Waals surface area contributed by atoms with Crippen molar-refractivity contribution in [3.63, 3.8) is 0 Å². The van der Waals surface area contributed by atoms with Gasteiger partial charge in [-0.15, -0.1) is 12.4 Å². The highest BCUT2D eigenvalue weighted by Gasteiger charge is 2.27. The molecular weight excluding hydrogens is 370 g/mol. The van der Waals surface area contributed by atoms with Crippen molar-refractivity contribution in [1.82, 2.24) is 14.8 Å². The molecule has 1 aromatic carbocycles. The van der Waals surface area contributed by atoms with Gasteiger partial charge in [-0.2, -0.15) is 0 Å². The lowest BCUT2D eigenvalue weighted by Crippen LogP contribution is -2.39. The molecule has 28 heavy (non-hydrogen) atoms. The molecule has 1 fully saturated rings. The van der Waals surface area contributed by atoms with E-state index in [-0.39, 0.29) is 24.4 Å². The van der Waals surface area contributed by atoms with Gasteiger partial charge in [-0.1, -0.05) is 30.3 Å². The summed E-state index contributed by atoms with van der Waals surface area (Å²) in [6.45, 7) is 9.22. The van der Waals surface area contributed by atoms with Crippen LogP contribution in [0.5, 0.6) is 0 Å². The second-order valence-corrected chi connectivity index (χ2v) is 7.87. The largest absolute Gasteiger partial charge is 0.341 e. The van der Waals surface area contributed by atoms with Crippen LogP contribution in [0.2, 0.25) is 0 Å². The number of aryl methyl sites for hydroxylation is 1. The Morgan fingerprint density at radius 3 is 2.43 bits per heavy atom. The van der Waals surface area contributed by atoms with Gasteiger partial charge in [-0.3, -0.25) is 4.79 Å². The van der Waals surface area contributed by atoms with E-state index in [0.717, 1.165) is 55.3 Å². The highest BCUT2D eigenvalue weighted by Crippen LogP contribution is 2.28. The number of carbonyl (C=O) groups excluding carboxylic acids is 1. The smallest absolute Gasteiger partial charge is 0.255 e. The average molecular weight is 404 g/mol. The van der Waals surface area contributed by atoms with Gasteiger partial charge in [0.2, 0.25) is 0 Å². The van der Waals surface area contributed by atoms with Crippen molar-refractivity contribution < 1.29 is 4.79 Å². The van der Waals surface area contributed by atoms with E-state index in [1.165, 1.54) is 12.0 Å². The molecule has 1 N–H and O–H groups in total. The molecule has 3 rings (SSSR count). The lowest BCUT2D eigenvalue weighted by atomic mass is 9.93. The summed E-state index contributed by atoms with van der Waals surface area (Å²) in [7, 11) is 2.00. The van der Waals surface area contributed by atoms with Crippen molar-refractivity contribution in [3.05, 3.63) is 58.9 Å². The monoisotopic (exact) mass is 403 g/mol. The number of hydrogen-bond acceptors (Lipinski definition) is 2. The average Bonchev–Trinajstić information content (AvgIpc) is 3.00. The van der Waals surface area contributed by atoms with E-state index < -0.39 is 0 Å². The van der Waals surface area contributed by atoms with Crippen LogP contribution in [0, 0.1) is 19.8 Å². The van der Waals surface area contributed by atoms with Crippen LogP contribution >= 0.6 is 12.4 Å². The van der Waals surface area contributed by atoms with E-state index >= 15 is 0 Å². The maximum Gasteiger partial charge on any atom is 0.255 e. The number of amides is 1. The second kappa shape index (κ2) is 10.1.